The van der Waals surface area contributed by atoms with E-state index in [1.807, 2.05) is 0 Å². The number of rotatable bonds is 4. The zero-order chi connectivity index (χ0) is 19.5. The van der Waals surface area contributed by atoms with Crippen molar-refractivity contribution in [1.82, 2.24) is 4.90 Å². The molecule has 3 nitrogen and oxygen atoms in total. The number of piperidine rings is 2. The number of carbonyl (C=O) groups is 1. The van der Waals surface area contributed by atoms with Gasteiger partial charge in [0, 0.05) is 24.5 Å². The minimum absolute atomic E-state index is 0.136. The first-order valence-corrected chi connectivity index (χ1v) is 10.5. The number of fused-ring (bicyclic) bond motifs is 2. The Labute approximate surface area is 167 Å². The molecule has 5 atom stereocenters. The van der Waals surface area contributed by atoms with E-state index in [1.54, 1.807) is 14.0 Å². The van der Waals surface area contributed by atoms with Crippen LogP contribution in [0.3, 0.4) is 0 Å². The zero-order valence-electron chi connectivity index (χ0n) is 17.0. The second kappa shape index (κ2) is 6.45. The van der Waals surface area contributed by atoms with Gasteiger partial charge in [0.1, 0.15) is 11.5 Å². The van der Waals surface area contributed by atoms with Gasteiger partial charge >= 0.3 is 0 Å². The molecule has 2 aromatic carbocycles. The lowest BCUT2D eigenvalue weighted by molar-refractivity contribution is -0.142. The molecule has 1 saturated carbocycles. The second-order valence-corrected chi connectivity index (χ2v) is 9.20. The second-order valence-electron chi connectivity index (χ2n) is 9.20. The molecule has 2 saturated heterocycles. The van der Waals surface area contributed by atoms with E-state index in [2.05, 4.69) is 60.4 Å². The average Bonchev–Trinajstić information content (AvgIpc) is 2.70. The summed E-state index contributed by atoms with van der Waals surface area (Å²) in [5.41, 5.74) is 4.40. The molecule has 28 heavy (non-hydrogen) atoms. The third-order valence-corrected chi connectivity index (χ3v) is 7.83. The normalized spacial score (nSPS) is 33.4. The van der Waals surface area contributed by atoms with Crippen LogP contribution in [0.2, 0.25) is 0 Å². The molecule has 0 aromatic heterocycles. The fourth-order valence-corrected chi connectivity index (χ4v) is 6.48. The molecular formula is C25H29NO2. The van der Waals surface area contributed by atoms with Gasteiger partial charge < -0.3 is 4.74 Å². The first kappa shape index (κ1) is 17.9. The summed E-state index contributed by atoms with van der Waals surface area (Å²) in [6.07, 6.45) is 3.17. The van der Waals surface area contributed by atoms with Crippen LogP contribution >= 0.6 is 0 Å². The molecule has 4 aliphatic rings. The van der Waals surface area contributed by atoms with Crippen LogP contribution in [0.25, 0.3) is 0 Å². The summed E-state index contributed by atoms with van der Waals surface area (Å²) in [4.78, 5) is 15.2. The number of hydrogen-bond donors (Lipinski definition) is 0. The summed E-state index contributed by atoms with van der Waals surface area (Å²) in [7, 11) is 1.75. The summed E-state index contributed by atoms with van der Waals surface area (Å²) >= 11 is 0. The molecule has 2 heterocycles. The third-order valence-electron chi connectivity index (χ3n) is 7.83. The molecule has 3 unspecified atom stereocenters. The fourth-order valence-electron chi connectivity index (χ4n) is 6.48. The lowest BCUT2D eigenvalue weighted by atomic mass is 9.49. The minimum atomic E-state index is 0.136. The van der Waals surface area contributed by atoms with Crippen molar-refractivity contribution in [3.05, 3.63) is 65.2 Å². The van der Waals surface area contributed by atoms with Crippen molar-refractivity contribution in [3.8, 4) is 5.75 Å². The van der Waals surface area contributed by atoms with Gasteiger partial charge in [-0.25, -0.2) is 0 Å². The van der Waals surface area contributed by atoms with Gasteiger partial charge in [0.2, 0.25) is 0 Å². The Hall–Kier alpha value is -2.13. The van der Waals surface area contributed by atoms with Gasteiger partial charge in [-0.1, -0.05) is 43.3 Å². The van der Waals surface area contributed by atoms with Crippen molar-refractivity contribution in [3.63, 3.8) is 0 Å². The molecule has 6 rings (SSSR count). The van der Waals surface area contributed by atoms with Crippen LogP contribution in [0.5, 0.6) is 5.75 Å². The number of hydrogen-bond acceptors (Lipinski definition) is 3. The van der Waals surface area contributed by atoms with Crippen molar-refractivity contribution >= 4 is 5.78 Å². The van der Waals surface area contributed by atoms with Crippen molar-refractivity contribution < 1.29 is 9.53 Å². The summed E-state index contributed by atoms with van der Waals surface area (Å²) in [5, 5.41) is 0. The number of methoxy groups -OCH3 is 1. The van der Waals surface area contributed by atoms with Gasteiger partial charge in [-0.3, -0.25) is 9.69 Å². The SMILES string of the molecule is COc1ccc2c(c1)[C@@]1(C)CC3[C@@H](C(C)=O)CC1C(C2)N3Cc1ccccc1. The first-order chi connectivity index (χ1) is 13.5. The zero-order valence-corrected chi connectivity index (χ0v) is 17.0. The number of Topliss-reactive ketones (excluding diaryl/α,β-unsaturated/α-hetero) is 1. The van der Waals surface area contributed by atoms with Crippen LogP contribution in [0.1, 0.15) is 43.4 Å². The standard InChI is InChI=1S/C25H29NO2/c1-16(27)20-13-22-23-11-18-9-10-19(28-3)12-21(18)25(22,2)14-24(20)26(23)15-17-7-5-4-6-8-17/h4-10,12,20,22-24H,11,13-15H2,1-3H3/t20-,22?,23?,24?,25-/m1/s1. The van der Waals surface area contributed by atoms with E-state index in [0.717, 1.165) is 31.6 Å². The van der Waals surface area contributed by atoms with Crippen LogP contribution in [0.4, 0.5) is 0 Å². The molecule has 146 valence electrons. The lowest BCUT2D eigenvalue weighted by Crippen LogP contribution is -2.69. The van der Waals surface area contributed by atoms with E-state index in [-0.39, 0.29) is 11.3 Å². The van der Waals surface area contributed by atoms with Crippen molar-refractivity contribution in [2.75, 3.05) is 7.11 Å². The van der Waals surface area contributed by atoms with Crippen LogP contribution < -0.4 is 4.74 Å². The lowest BCUT2D eigenvalue weighted by Gasteiger charge is -2.64. The monoisotopic (exact) mass is 375 g/mol. The van der Waals surface area contributed by atoms with Gasteiger partial charge in [-0.05, 0) is 66.3 Å². The smallest absolute Gasteiger partial charge is 0.134 e. The summed E-state index contributed by atoms with van der Waals surface area (Å²) in [6, 6.07) is 18.2. The molecule has 2 aliphatic heterocycles. The highest BCUT2D eigenvalue weighted by Gasteiger charge is 2.60. The number of nitrogens with zero attached hydrogens (tertiary/aromatic N) is 1. The van der Waals surface area contributed by atoms with E-state index < -0.39 is 0 Å². The third kappa shape index (κ3) is 2.56. The van der Waals surface area contributed by atoms with Crippen LogP contribution in [-0.4, -0.2) is 29.9 Å². The van der Waals surface area contributed by atoms with Gasteiger partial charge in [0.15, 0.2) is 0 Å². The minimum Gasteiger partial charge on any atom is -0.497 e. The maximum Gasteiger partial charge on any atom is 0.134 e. The Bertz CT molecular complexity index is 908. The largest absolute Gasteiger partial charge is 0.497 e. The summed E-state index contributed by atoms with van der Waals surface area (Å²) < 4.78 is 5.54. The van der Waals surface area contributed by atoms with Gasteiger partial charge in [0.25, 0.3) is 0 Å². The Morgan fingerprint density at radius 1 is 1.18 bits per heavy atom. The van der Waals surface area contributed by atoms with Crippen LogP contribution in [-0.2, 0) is 23.2 Å². The highest BCUT2D eigenvalue weighted by molar-refractivity contribution is 5.79. The van der Waals surface area contributed by atoms with Gasteiger partial charge in [-0.15, -0.1) is 0 Å². The van der Waals surface area contributed by atoms with E-state index in [1.165, 1.54) is 16.7 Å². The van der Waals surface area contributed by atoms with Crippen LogP contribution in [0, 0.1) is 11.8 Å². The molecule has 0 amide bonds. The Balaban J connectivity index is 1.58. The molecule has 0 spiro atoms. The first-order valence-electron chi connectivity index (χ1n) is 10.5. The van der Waals surface area contributed by atoms with E-state index in [9.17, 15) is 4.79 Å². The molecule has 4 bridgehead atoms. The quantitative estimate of drug-likeness (QED) is 0.794. The predicted octanol–water partition coefficient (Wildman–Crippen LogP) is 4.38. The summed E-state index contributed by atoms with van der Waals surface area (Å²) in [5.74, 6) is 2.00. The topological polar surface area (TPSA) is 29.5 Å². The summed E-state index contributed by atoms with van der Waals surface area (Å²) in [6.45, 7) is 5.17. The molecule has 3 heteroatoms. The molecule has 3 fully saturated rings. The average molecular weight is 376 g/mol. The Kier molecular flexibility index (Phi) is 4.13. The highest BCUT2D eigenvalue weighted by atomic mass is 16.5. The van der Waals surface area contributed by atoms with E-state index in [4.69, 9.17) is 4.74 Å². The molecule has 0 radical (unpaired) electrons. The number of benzene rings is 2. The molecule has 2 aromatic rings. The molecular weight excluding hydrogens is 346 g/mol. The van der Waals surface area contributed by atoms with Crippen molar-refractivity contribution in [2.45, 2.75) is 57.2 Å². The maximum absolute atomic E-state index is 12.5. The molecule has 2 aliphatic carbocycles. The number of ether oxygens (including phenoxy) is 1. The van der Waals surface area contributed by atoms with Crippen molar-refractivity contribution in [1.29, 1.82) is 0 Å². The van der Waals surface area contributed by atoms with Crippen molar-refractivity contribution in [2.24, 2.45) is 11.8 Å². The highest BCUT2D eigenvalue weighted by Crippen LogP contribution is 2.58. The maximum atomic E-state index is 12.5. The Morgan fingerprint density at radius 3 is 2.68 bits per heavy atom. The number of ketones is 1. The Morgan fingerprint density at radius 2 is 1.96 bits per heavy atom. The van der Waals surface area contributed by atoms with E-state index >= 15 is 0 Å². The van der Waals surface area contributed by atoms with E-state index in [0.29, 0.717) is 23.8 Å². The van der Waals surface area contributed by atoms with Gasteiger partial charge in [0.05, 0.1) is 7.11 Å². The number of carbonyl (C=O) groups excluding carboxylic acids is 1. The molecule has 0 N–H and O–H groups in total. The fraction of sp³-hybridized carbons (Fsp3) is 0.480. The van der Waals surface area contributed by atoms with Gasteiger partial charge in [-0.2, -0.15) is 0 Å². The van der Waals surface area contributed by atoms with Crippen LogP contribution in [0.15, 0.2) is 48.5 Å². The predicted molar refractivity (Wildman–Crippen MR) is 111 cm³/mol.